The average molecular weight is 443 g/mol. The second-order valence-electron chi connectivity index (χ2n) is 6.81. The van der Waals surface area contributed by atoms with Crippen molar-refractivity contribution in [1.82, 2.24) is 4.31 Å². The van der Waals surface area contributed by atoms with Crippen LogP contribution >= 0.6 is 11.6 Å². The molecule has 0 saturated carbocycles. The number of hydrogen-bond donors (Lipinski definition) is 1. The minimum atomic E-state index is -3.80. The first-order valence-electron chi connectivity index (χ1n) is 8.36. The van der Waals surface area contributed by atoms with E-state index >= 15 is 0 Å². The molecule has 2 heterocycles. The van der Waals surface area contributed by atoms with E-state index in [9.17, 15) is 22.0 Å². The van der Waals surface area contributed by atoms with Crippen molar-refractivity contribution in [1.29, 1.82) is 0 Å². The zero-order valence-corrected chi connectivity index (χ0v) is 17.0. The maximum absolute atomic E-state index is 14.5. The Hall–Kier alpha value is -2.59. The number of aliphatic imine (C=N–C) groups is 2. The van der Waals surface area contributed by atoms with Crippen molar-refractivity contribution < 1.29 is 22.0 Å². The van der Waals surface area contributed by atoms with Gasteiger partial charge in [0.1, 0.15) is 28.3 Å². The number of guanidine groups is 1. The lowest BCUT2D eigenvalue weighted by molar-refractivity contribution is -0.113. The van der Waals surface area contributed by atoms with E-state index in [1.165, 1.54) is 26.1 Å². The molecule has 0 bridgehead atoms. The molecule has 2 aliphatic heterocycles. The second kappa shape index (κ2) is 7.34. The van der Waals surface area contributed by atoms with Crippen molar-refractivity contribution in [2.24, 2.45) is 15.7 Å². The van der Waals surface area contributed by atoms with Gasteiger partial charge < -0.3 is 5.73 Å². The molecule has 1 unspecified atom stereocenters. The summed E-state index contributed by atoms with van der Waals surface area (Å²) in [6.45, 7) is 1.43. The first-order chi connectivity index (χ1) is 13.4. The molecule has 1 aromatic rings. The van der Waals surface area contributed by atoms with E-state index < -0.39 is 44.1 Å². The molecule has 2 aliphatic rings. The van der Waals surface area contributed by atoms with Gasteiger partial charge in [0.05, 0.1) is 5.75 Å². The summed E-state index contributed by atoms with van der Waals surface area (Å²) in [6, 6.07) is 3.66. The van der Waals surface area contributed by atoms with Crippen LogP contribution in [0.3, 0.4) is 0 Å². The molecule has 1 aromatic carbocycles. The molecule has 29 heavy (non-hydrogen) atoms. The molecule has 2 atom stereocenters. The van der Waals surface area contributed by atoms with Crippen molar-refractivity contribution in [3.8, 4) is 0 Å². The van der Waals surface area contributed by atoms with E-state index in [0.717, 1.165) is 28.7 Å². The average Bonchev–Trinajstić information content (AvgIpc) is 2.63. The van der Waals surface area contributed by atoms with Crippen LogP contribution in [0.1, 0.15) is 18.1 Å². The summed E-state index contributed by atoms with van der Waals surface area (Å²) in [5.41, 5.74) is 4.15. The van der Waals surface area contributed by atoms with E-state index in [1.54, 1.807) is 0 Å². The number of carbonyl (C=O) groups is 1. The van der Waals surface area contributed by atoms with Crippen LogP contribution in [-0.2, 0) is 20.4 Å². The third kappa shape index (κ3) is 4.08. The Labute approximate surface area is 171 Å². The predicted octanol–water partition coefficient (Wildman–Crippen LogP) is 2.09. The van der Waals surface area contributed by atoms with Gasteiger partial charge in [0.25, 0.3) is 0 Å². The fraction of sp³-hybridized carbons (Fsp3) is 0.278. The fourth-order valence-corrected chi connectivity index (χ4v) is 4.52. The Kier molecular flexibility index (Phi) is 5.35. The quantitative estimate of drug-likeness (QED) is 0.723. The number of carbonyl (C=O) groups excluding carboxylic acids is 1. The van der Waals surface area contributed by atoms with E-state index in [1.807, 2.05) is 0 Å². The fourth-order valence-electron chi connectivity index (χ4n) is 2.96. The number of allylic oxidation sites excluding steroid dienone is 2. The highest BCUT2D eigenvalue weighted by Crippen LogP contribution is 2.34. The zero-order chi connectivity index (χ0) is 21.6. The third-order valence-corrected chi connectivity index (χ3v) is 6.84. The maximum Gasteiger partial charge on any atom is 0.239 e. The van der Waals surface area contributed by atoms with Gasteiger partial charge in [-0.25, -0.2) is 26.5 Å². The summed E-state index contributed by atoms with van der Waals surface area (Å²) >= 11 is 5.68. The van der Waals surface area contributed by atoms with Crippen molar-refractivity contribution in [3.05, 3.63) is 52.7 Å². The highest BCUT2D eigenvalue weighted by Gasteiger charge is 2.41. The molecule has 0 aromatic heterocycles. The van der Waals surface area contributed by atoms with Crippen molar-refractivity contribution in [3.63, 3.8) is 0 Å². The van der Waals surface area contributed by atoms with Gasteiger partial charge in [-0.1, -0.05) is 6.07 Å². The molecule has 11 heteroatoms. The molecule has 154 valence electrons. The molecule has 0 amide bonds. The van der Waals surface area contributed by atoms with Crippen molar-refractivity contribution in [2.75, 3.05) is 12.8 Å². The van der Waals surface area contributed by atoms with Crippen molar-refractivity contribution >= 4 is 45.7 Å². The van der Waals surface area contributed by atoms with Crippen LogP contribution in [0.5, 0.6) is 0 Å². The van der Waals surface area contributed by atoms with E-state index in [0.29, 0.717) is 0 Å². The number of hydrogen-bond acceptors (Lipinski definition) is 6. The number of alkyl halides is 1. The lowest BCUT2D eigenvalue weighted by Gasteiger charge is -2.34. The van der Waals surface area contributed by atoms with Crippen LogP contribution in [0.2, 0.25) is 0 Å². The molecule has 0 spiro atoms. The monoisotopic (exact) mass is 442 g/mol. The molecule has 0 radical (unpaired) electrons. The standard InChI is InChI=1S/C18H17ClF2N4O3S/c1-18(9-29(27,28)25(2)17(22)24-18)11-5-10(3-4-13(11)20)6-14(21)15-7-16(26)12(19)8-23-15/h3-8,12H,9H2,1-2H3,(H2,22,24)/b14-6-/t12?,18-/m0/s1. The van der Waals surface area contributed by atoms with Gasteiger partial charge in [-0.15, -0.1) is 11.6 Å². The highest BCUT2D eigenvalue weighted by atomic mass is 35.5. The van der Waals surface area contributed by atoms with Gasteiger partial charge in [-0.2, -0.15) is 0 Å². The van der Waals surface area contributed by atoms with E-state index in [2.05, 4.69) is 9.98 Å². The van der Waals surface area contributed by atoms with Gasteiger partial charge in [0.15, 0.2) is 5.78 Å². The Morgan fingerprint density at radius 1 is 1.45 bits per heavy atom. The van der Waals surface area contributed by atoms with Crippen LogP contribution in [-0.4, -0.2) is 48.9 Å². The van der Waals surface area contributed by atoms with Crippen LogP contribution in [0.25, 0.3) is 6.08 Å². The number of rotatable bonds is 3. The normalized spacial score (nSPS) is 26.9. The van der Waals surface area contributed by atoms with Gasteiger partial charge in [-0.05, 0) is 30.7 Å². The smallest absolute Gasteiger partial charge is 0.239 e. The SMILES string of the molecule is CN1C(N)=N[C@](C)(c2cc(/C=C(\F)C3=CC(=O)C(Cl)C=N3)ccc2F)CS1(=O)=O. The lowest BCUT2D eigenvalue weighted by Crippen LogP contribution is -2.50. The van der Waals surface area contributed by atoms with Gasteiger partial charge in [0.2, 0.25) is 16.0 Å². The van der Waals surface area contributed by atoms with Crippen LogP contribution in [0, 0.1) is 5.82 Å². The third-order valence-electron chi connectivity index (χ3n) is 4.57. The summed E-state index contributed by atoms with van der Waals surface area (Å²) in [7, 11) is -2.55. The van der Waals surface area contributed by atoms with Crippen LogP contribution < -0.4 is 5.73 Å². The topological polar surface area (TPSA) is 105 Å². The zero-order valence-electron chi connectivity index (χ0n) is 15.4. The second-order valence-corrected chi connectivity index (χ2v) is 9.28. The summed E-state index contributed by atoms with van der Waals surface area (Å²) < 4.78 is 54.5. The minimum Gasteiger partial charge on any atom is -0.369 e. The molecule has 0 fully saturated rings. The predicted molar refractivity (Wildman–Crippen MR) is 107 cm³/mol. The van der Waals surface area contributed by atoms with Gasteiger partial charge in [0, 0.05) is 24.9 Å². The first-order valence-corrected chi connectivity index (χ1v) is 10.4. The summed E-state index contributed by atoms with van der Waals surface area (Å²) in [4.78, 5) is 19.5. The number of sulfonamides is 1. The number of benzene rings is 1. The number of ketones is 1. The summed E-state index contributed by atoms with van der Waals surface area (Å²) in [6.07, 6.45) is 3.14. The van der Waals surface area contributed by atoms with Gasteiger partial charge in [-0.3, -0.25) is 9.79 Å². The van der Waals surface area contributed by atoms with Crippen LogP contribution in [0.15, 0.2) is 45.8 Å². The number of nitrogens with two attached hydrogens (primary N) is 1. The number of nitrogens with zero attached hydrogens (tertiary/aromatic N) is 3. The Bertz CT molecular complexity index is 1110. The van der Waals surface area contributed by atoms with Crippen LogP contribution in [0.4, 0.5) is 8.78 Å². The minimum absolute atomic E-state index is 0.0586. The summed E-state index contributed by atoms with van der Waals surface area (Å²) in [5, 5.41) is -0.946. The largest absolute Gasteiger partial charge is 0.369 e. The Balaban J connectivity index is 2.03. The number of halogens is 3. The molecule has 0 aliphatic carbocycles. The summed E-state index contributed by atoms with van der Waals surface area (Å²) in [5.74, 6) is -2.84. The first kappa shape index (κ1) is 21.1. The van der Waals surface area contributed by atoms with Gasteiger partial charge >= 0.3 is 0 Å². The maximum atomic E-state index is 14.5. The molecular formula is C18H17ClF2N4O3S. The highest BCUT2D eigenvalue weighted by molar-refractivity contribution is 7.89. The lowest BCUT2D eigenvalue weighted by atomic mass is 9.92. The molecule has 0 saturated heterocycles. The molecule has 3 rings (SSSR count). The molecular weight excluding hydrogens is 426 g/mol. The Morgan fingerprint density at radius 2 is 2.14 bits per heavy atom. The van der Waals surface area contributed by atoms with E-state index in [4.69, 9.17) is 17.3 Å². The van der Waals surface area contributed by atoms with E-state index in [-0.39, 0.29) is 22.8 Å². The van der Waals surface area contributed by atoms with Crippen molar-refractivity contribution in [2.45, 2.75) is 17.8 Å². The Morgan fingerprint density at radius 3 is 2.76 bits per heavy atom. The molecule has 7 nitrogen and oxygen atoms in total. The molecule has 2 N–H and O–H groups in total.